The van der Waals surface area contributed by atoms with E-state index in [0.29, 0.717) is 73.0 Å². The molecule has 3 aliphatic rings. The minimum absolute atomic E-state index is 0.0553. The molecule has 9 nitrogen and oxygen atoms in total. The van der Waals surface area contributed by atoms with E-state index >= 15 is 0 Å². The second kappa shape index (κ2) is 10.4. The van der Waals surface area contributed by atoms with Crippen molar-refractivity contribution in [3.8, 4) is 0 Å². The molecule has 1 unspecified atom stereocenters. The van der Waals surface area contributed by atoms with Gasteiger partial charge in [0.25, 0.3) is 11.5 Å². The van der Waals surface area contributed by atoms with Crippen LogP contribution >= 0.6 is 11.6 Å². The van der Waals surface area contributed by atoms with E-state index in [1.165, 1.54) is 5.56 Å². The number of morpholine rings is 1. The zero-order chi connectivity index (χ0) is 27.3. The lowest BCUT2D eigenvalue weighted by molar-refractivity contribution is 0.0782. The number of hydrogen-bond donors (Lipinski definition) is 0. The Bertz CT molecular complexity index is 1470. The van der Waals surface area contributed by atoms with Gasteiger partial charge in [0.15, 0.2) is 0 Å². The van der Waals surface area contributed by atoms with Gasteiger partial charge in [0.05, 0.1) is 41.1 Å². The Labute approximate surface area is 233 Å². The van der Waals surface area contributed by atoms with Crippen LogP contribution < -0.4 is 15.4 Å². The van der Waals surface area contributed by atoms with Crippen molar-refractivity contribution < 1.29 is 9.53 Å². The predicted octanol–water partition coefficient (Wildman–Crippen LogP) is 3.08. The first kappa shape index (κ1) is 26.1. The summed E-state index contributed by atoms with van der Waals surface area (Å²) in [5.74, 6) is 0.629. The van der Waals surface area contributed by atoms with Gasteiger partial charge in [-0.15, -0.1) is 0 Å². The van der Waals surface area contributed by atoms with Gasteiger partial charge in [0, 0.05) is 45.0 Å². The van der Waals surface area contributed by atoms with Gasteiger partial charge in [-0.2, -0.15) is 0 Å². The number of para-hydroxylation sites is 1. The number of nitrogens with zero attached hydrogens (tertiary/aromatic N) is 6. The fraction of sp³-hybridized carbons (Fsp3) is 0.483. The van der Waals surface area contributed by atoms with E-state index in [2.05, 4.69) is 20.8 Å². The van der Waals surface area contributed by atoms with Crippen LogP contribution in [0, 0.1) is 0 Å². The van der Waals surface area contributed by atoms with Crippen molar-refractivity contribution in [3.05, 3.63) is 68.6 Å². The molecule has 3 aromatic rings. The topological polar surface area (TPSA) is 73.6 Å². The molecule has 2 atom stereocenters. The van der Waals surface area contributed by atoms with Crippen LogP contribution in [0.1, 0.15) is 40.9 Å². The molecule has 0 radical (unpaired) electrons. The minimum atomic E-state index is -0.264. The molecule has 39 heavy (non-hydrogen) atoms. The van der Waals surface area contributed by atoms with Gasteiger partial charge in [-0.3, -0.25) is 14.0 Å². The summed E-state index contributed by atoms with van der Waals surface area (Å²) < 4.78 is 7.14. The zero-order valence-electron chi connectivity index (χ0n) is 22.8. The van der Waals surface area contributed by atoms with Crippen LogP contribution in [0.4, 0.5) is 11.5 Å². The van der Waals surface area contributed by atoms with Crippen molar-refractivity contribution >= 4 is 34.7 Å². The van der Waals surface area contributed by atoms with Gasteiger partial charge in [0.1, 0.15) is 11.5 Å². The lowest BCUT2D eigenvalue weighted by atomic mass is 10.1. The highest BCUT2D eigenvalue weighted by molar-refractivity contribution is 6.33. The summed E-state index contributed by atoms with van der Waals surface area (Å²) in [6.07, 6.45) is 3.48. The molecule has 0 aliphatic carbocycles. The number of benzene rings is 1. The number of carbonyl (C=O) groups is 1. The van der Waals surface area contributed by atoms with Gasteiger partial charge in [0.2, 0.25) is 0 Å². The summed E-state index contributed by atoms with van der Waals surface area (Å²) in [6, 6.07) is 9.62. The number of halogens is 1. The molecule has 5 heterocycles. The molecule has 2 saturated heterocycles. The smallest absolute Gasteiger partial charge is 0.265 e. The molecule has 2 fully saturated rings. The molecule has 3 aliphatic heterocycles. The molecule has 0 N–H and O–H groups in total. The first-order valence-corrected chi connectivity index (χ1v) is 14.1. The molecular weight excluding hydrogens is 516 g/mol. The van der Waals surface area contributed by atoms with Crippen LogP contribution in [0.5, 0.6) is 0 Å². The highest BCUT2D eigenvalue weighted by Gasteiger charge is 2.33. The SMILES string of the molecule is CC(c1c(N2CCOCC2)nc2ccc(C(=O)N3CC[C@@H](N(C)C)C3)cn2c1=O)N1CCc2cccc(Cl)c21. The lowest BCUT2D eigenvalue weighted by Crippen LogP contribution is -2.41. The maximum Gasteiger partial charge on any atom is 0.265 e. The number of pyridine rings is 1. The summed E-state index contributed by atoms with van der Waals surface area (Å²) >= 11 is 6.65. The standard InChI is InChI=1S/C29H35ClN6O3/c1-19(35-12-9-20-5-4-6-23(30)26(20)35)25-27(33-13-15-39-16-14-33)31-24-8-7-21(17-36(24)29(25)38)28(37)34-11-10-22(18-34)32(2)3/h4-8,17,19,22H,9-16,18H2,1-3H3/t19?,22-/m1/s1. The van der Waals surface area contributed by atoms with Crippen LogP contribution in [0.25, 0.3) is 5.65 Å². The van der Waals surface area contributed by atoms with Crippen LogP contribution in [-0.2, 0) is 11.2 Å². The Kier molecular flexibility index (Phi) is 6.99. The maximum atomic E-state index is 14.3. The third-order valence-corrected chi connectivity index (χ3v) is 8.75. The average molecular weight is 551 g/mol. The Morgan fingerprint density at radius 1 is 1.13 bits per heavy atom. The minimum Gasteiger partial charge on any atom is -0.378 e. The van der Waals surface area contributed by atoms with E-state index in [1.807, 2.05) is 38.1 Å². The molecule has 1 aromatic carbocycles. The summed E-state index contributed by atoms with van der Waals surface area (Å²) in [5, 5.41) is 0.688. The number of ether oxygens (including phenoxy) is 1. The molecule has 6 rings (SSSR count). The van der Waals surface area contributed by atoms with E-state index in [-0.39, 0.29) is 17.5 Å². The van der Waals surface area contributed by atoms with E-state index in [9.17, 15) is 9.59 Å². The Morgan fingerprint density at radius 3 is 2.67 bits per heavy atom. The van der Waals surface area contributed by atoms with Gasteiger partial charge >= 0.3 is 0 Å². The van der Waals surface area contributed by atoms with E-state index < -0.39 is 0 Å². The lowest BCUT2D eigenvalue weighted by Gasteiger charge is -2.34. The van der Waals surface area contributed by atoms with Gasteiger partial charge in [-0.25, -0.2) is 4.98 Å². The third-order valence-electron chi connectivity index (χ3n) is 8.44. The Hall–Kier alpha value is -3.14. The molecule has 2 aromatic heterocycles. The second-order valence-corrected chi connectivity index (χ2v) is 11.3. The number of likely N-dealkylation sites (N-methyl/N-ethyl adjacent to an activating group) is 1. The highest BCUT2D eigenvalue weighted by Crippen LogP contribution is 2.41. The normalized spacial score (nSPS) is 20.2. The fourth-order valence-corrected chi connectivity index (χ4v) is 6.46. The number of fused-ring (bicyclic) bond motifs is 2. The van der Waals surface area contributed by atoms with Crippen molar-refractivity contribution in [2.24, 2.45) is 0 Å². The van der Waals surface area contributed by atoms with E-state index in [1.54, 1.807) is 22.7 Å². The maximum absolute atomic E-state index is 14.3. The monoisotopic (exact) mass is 550 g/mol. The summed E-state index contributed by atoms with van der Waals surface area (Å²) in [5.41, 5.74) is 3.65. The van der Waals surface area contributed by atoms with Crippen LogP contribution in [-0.4, -0.2) is 91.2 Å². The number of anilines is 2. The first-order chi connectivity index (χ1) is 18.8. The van der Waals surface area contributed by atoms with Crippen molar-refractivity contribution in [2.45, 2.75) is 31.8 Å². The average Bonchev–Trinajstić information content (AvgIpc) is 3.62. The number of carbonyl (C=O) groups excluding carboxylic acids is 1. The van der Waals surface area contributed by atoms with Crippen molar-refractivity contribution in [3.63, 3.8) is 0 Å². The number of likely N-dealkylation sites (tertiary alicyclic amines) is 1. The third kappa shape index (κ3) is 4.66. The second-order valence-electron chi connectivity index (χ2n) is 10.9. The van der Waals surface area contributed by atoms with Crippen LogP contribution in [0.2, 0.25) is 5.02 Å². The van der Waals surface area contributed by atoms with Gasteiger partial charge in [-0.05, 0) is 57.6 Å². The summed E-state index contributed by atoms with van der Waals surface area (Å²) in [7, 11) is 4.08. The van der Waals surface area contributed by atoms with Gasteiger partial charge in [-0.1, -0.05) is 23.7 Å². The summed E-state index contributed by atoms with van der Waals surface area (Å²) in [6.45, 7) is 6.72. The molecule has 206 valence electrons. The molecular formula is C29H35ClN6O3. The van der Waals surface area contributed by atoms with Crippen LogP contribution in [0.15, 0.2) is 41.3 Å². The largest absolute Gasteiger partial charge is 0.378 e. The number of hydrogen-bond acceptors (Lipinski definition) is 7. The quantitative estimate of drug-likeness (QED) is 0.483. The fourth-order valence-electron chi connectivity index (χ4n) is 6.16. The Morgan fingerprint density at radius 2 is 1.92 bits per heavy atom. The van der Waals surface area contributed by atoms with E-state index in [4.69, 9.17) is 21.3 Å². The number of amides is 1. The van der Waals surface area contributed by atoms with E-state index in [0.717, 1.165) is 25.1 Å². The van der Waals surface area contributed by atoms with Crippen molar-refractivity contribution in [1.82, 2.24) is 19.2 Å². The molecule has 1 amide bonds. The Balaban J connectivity index is 1.43. The van der Waals surface area contributed by atoms with Crippen LogP contribution in [0.3, 0.4) is 0 Å². The predicted molar refractivity (Wildman–Crippen MR) is 153 cm³/mol. The molecule has 10 heteroatoms. The highest BCUT2D eigenvalue weighted by atomic mass is 35.5. The summed E-state index contributed by atoms with van der Waals surface area (Å²) in [4.78, 5) is 41.1. The first-order valence-electron chi connectivity index (χ1n) is 13.7. The molecule has 0 spiro atoms. The molecule has 0 bridgehead atoms. The van der Waals surface area contributed by atoms with Crippen molar-refractivity contribution in [1.29, 1.82) is 0 Å². The number of rotatable bonds is 5. The van der Waals surface area contributed by atoms with Gasteiger partial charge < -0.3 is 24.3 Å². The molecule has 0 saturated carbocycles. The van der Waals surface area contributed by atoms with Crippen molar-refractivity contribution in [2.75, 3.05) is 69.8 Å². The number of aromatic nitrogens is 2. The zero-order valence-corrected chi connectivity index (χ0v) is 23.5.